The van der Waals surface area contributed by atoms with Gasteiger partial charge in [0.15, 0.2) is 0 Å². The van der Waals surface area contributed by atoms with Crippen molar-refractivity contribution < 1.29 is 19.0 Å². The first-order valence-electron chi connectivity index (χ1n) is 12.1. The molecule has 0 aliphatic carbocycles. The highest BCUT2D eigenvalue weighted by molar-refractivity contribution is 7.09. The number of carbonyl (C=O) groups is 1. The van der Waals surface area contributed by atoms with E-state index in [1.165, 1.54) is 0 Å². The van der Waals surface area contributed by atoms with Crippen LogP contribution in [0.2, 0.25) is 0 Å². The summed E-state index contributed by atoms with van der Waals surface area (Å²) in [5, 5.41) is 0. The van der Waals surface area contributed by atoms with Crippen LogP contribution in [-0.2, 0) is 9.47 Å². The van der Waals surface area contributed by atoms with Crippen LogP contribution >= 0.6 is 11.3 Å². The number of rotatable bonds is 7. The van der Waals surface area contributed by atoms with Crippen molar-refractivity contribution in [2.75, 3.05) is 19.7 Å². The van der Waals surface area contributed by atoms with Gasteiger partial charge in [-0.05, 0) is 63.8 Å². The van der Waals surface area contributed by atoms with Crippen LogP contribution in [0.4, 0.5) is 0 Å². The third-order valence-electron chi connectivity index (χ3n) is 6.54. The normalized spacial score (nSPS) is 22.6. The van der Waals surface area contributed by atoms with Gasteiger partial charge in [-0.1, -0.05) is 6.92 Å². The fourth-order valence-corrected chi connectivity index (χ4v) is 5.56. The summed E-state index contributed by atoms with van der Waals surface area (Å²) >= 11 is 1.64. The number of likely N-dealkylation sites (tertiary alicyclic amines) is 1. The van der Waals surface area contributed by atoms with E-state index in [0.717, 1.165) is 60.5 Å². The highest BCUT2D eigenvalue weighted by atomic mass is 32.1. The Bertz CT molecular complexity index is 922. The third kappa shape index (κ3) is 5.76. The third-order valence-corrected chi connectivity index (χ3v) is 7.41. The molecule has 2 atom stereocenters. The SMILES string of the molecule is CCCO[C@@H]1C[C@H](c2cncs2)OC2(CCN(C(=O)c3ccc(OC(C)C)c(C)c3)CC2)C1. The summed E-state index contributed by atoms with van der Waals surface area (Å²) in [5.41, 5.74) is 3.33. The second-order valence-electron chi connectivity index (χ2n) is 9.57. The van der Waals surface area contributed by atoms with Crippen LogP contribution in [0.3, 0.4) is 0 Å². The molecule has 7 heteroatoms. The number of carbonyl (C=O) groups excluding carboxylic acids is 1. The van der Waals surface area contributed by atoms with Gasteiger partial charge in [-0.15, -0.1) is 11.3 Å². The van der Waals surface area contributed by atoms with Crippen molar-refractivity contribution in [3.8, 4) is 5.75 Å². The molecule has 1 spiro atoms. The first-order valence-corrected chi connectivity index (χ1v) is 13.0. The number of benzene rings is 1. The van der Waals surface area contributed by atoms with E-state index >= 15 is 0 Å². The smallest absolute Gasteiger partial charge is 0.253 e. The summed E-state index contributed by atoms with van der Waals surface area (Å²) in [6.07, 6.45) is 6.66. The molecule has 1 aromatic heterocycles. The van der Waals surface area contributed by atoms with Crippen molar-refractivity contribution in [2.45, 2.75) is 83.7 Å². The Morgan fingerprint density at radius 3 is 2.76 bits per heavy atom. The van der Waals surface area contributed by atoms with Gasteiger partial charge in [0.05, 0.1) is 34.3 Å². The minimum absolute atomic E-state index is 0.0199. The van der Waals surface area contributed by atoms with Gasteiger partial charge in [-0.3, -0.25) is 9.78 Å². The molecule has 180 valence electrons. The fourth-order valence-electron chi connectivity index (χ4n) is 4.90. The summed E-state index contributed by atoms with van der Waals surface area (Å²) in [6.45, 7) is 10.3. The molecule has 0 N–H and O–H groups in total. The second-order valence-corrected chi connectivity index (χ2v) is 10.5. The number of aryl methyl sites for hydroxylation is 1. The first kappa shape index (κ1) is 24.2. The predicted molar refractivity (Wildman–Crippen MR) is 130 cm³/mol. The topological polar surface area (TPSA) is 60.9 Å². The second kappa shape index (κ2) is 10.5. The van der Waals surface area contributed by atoms with Gasteiger partial charge in [0.25, 0.3) is 5.91 Å². The van der Waals surface area contributed by atoms with Crippen LogP contribution in [-0.4, -0.2) is 53.3 Å². The molecule has 2 aliphatic rings. The summed E-state index contributed by atoms with van der Waals surface area (Å²) in [6, 6.07) is 5.73. The molecule has 3 heterocycles. The van der Waals surface area contributed by atoms with Crippen LogP contribution in [0.15, 0.2) is 29.9 Å². The van der Waals surface area contributed by atoms with Gasteiger partial charge in [-0.2, -0.15) is 0 Å². The number of amides is 1. The lowest BCUT2D eigenvalue weighted by atomic mass is 9.81. The predicted octanol–water partition coefficient (Wildman–Crippen LogP) is 5.56. The fraction of sp³-hybridized carbons (Fsp3) is 0.615. The van der Waals surface area contributed by atoms with Crippen molar-refractivity contribution >= 4 is 17.2 Å². The molecule has 4 rings (SSSR count). The molecule has 1 aromatic carbocycles. The van der Waals surface area contributed by atoms with Gasteiger partial charge in [0.2, 0.25) is 0 Å². The van der Waals surface area contributed by atoms with E-state index in [2.05, 4.69) is 11.9 Å². The zero-order valence-electron chi connectivity index (χ0n) is 20.2. The van der Waals surface area contributed by atoms with Crippen molar-refractivity contribution in [1.82, 2.24) is 9.88 Å². The van der Waals surface area contributed by atoms with Crippen LogP contribution in [0.25, 0.3) is 0 Å². The van der Waals surface area contributed by atoms with E-state index in [1.54, 1.807) is 11.3 Å². The number of aromatic nitrogens is 1. The molecule has 0 radical (unpaired) electrons. The van der Waals surface area contributed by atoms with Gasteiger partial charge in [-0.25, -0.2) is 0 Å². The molecule has 2 fully saturated rings. The average Bonchev–Trinajstić information content (AvgIpc) is 3.34. The number of hydrogen-bond donors (Lipinski definition) is 0. The van der Waals surface area contributed by atoms with Gasteiger partial charge in [0, 0.05) is 44.3 Å². The van der Waals surface area contributed by atoms with E-state index < -0.39 is 0 Å². The molecule has 2 aromatic rings. The number of thiazole rings is 1. The molecule has 0 bridgehead atoms. The van der Waals surface area contributed by atoms with E-state index in [4.69, 9.17) is 14.2 Å². The van der Waals surface area contributed by atoms with Gasteiger partial charge < -0.3 is 19.1 Å². The molecule has 6 nitrogen and oxygen atoms in total. The molecule has 2 saturated heterocycles. The Hall–Kier alpha value is -1.96. The number of piperidine rings is 1. The highest BCUT2D eigenvalue weighted by Crippen LogP contribution is 2.44. The van der Waals surface area contributed by atoms with E-state index in [0.29, 0.717) is 13.1 Å². The monoisotopic (exact) mass is 472 g/mol. The minimum atomic E-state index is -0.243. The first-order chi connectivity index (χ1) is 15.9. The summed E-state index contributed by atoms with van der Waals surface area (Å²) in [7, 11) is 0. The number of ether oxygens (including phenoxy) is 3. The van der Waals surface area contributed by atoms with Crippen LogP contribution in [0.1, 0.15) is 79.8 Å². The summed E-state index contributed by atoms with van der Waals surface area (Å²) < 4.78 is 18.7. The Labute approximate surface area is 201 Å². The molecular weight excluding hydrogens is 436 g/mol. The lowest BCUT2D eigenvalue weighted by molar-refractivity contribution is -0.190. The Morgan fingerprint density at radius 2 is 2.12 bits per heavy atom. The van der Waals surface area contributed by atoms with Crippen molar-refractivity contribution in [3.63, 3.8) is 0 Å². The number of hydrogen-bond acceptors (Lipinski definition) is 6. The van der Waals surface area contributed by atoms with Crippen LogP contribution in [0, 0.1) is 6.92 Å². The minimum Gasteiger partial charge on any atom is -0.491 e. The van der Waals surface area contributed by atoms with E-state index in [9.17, 15) is 4.79 Å². The standard InChI is InChI=1S/C26H36N2O4S/c1-5-12-30-21-14-23(24-16-27-17-33-24)32-26(15-21)8-10-28(11-9-26)25(29)20-6-7-22(19(4)13-20)31-18(2)3/h6-7,13,16-18,21,23H,5,8-12,14-15H2,1-4H3/t21-,23-/m1/s1. The molecule has 2 aliphatic heterocycles. The maximum atomic E-state index is 13.2. The Kier molecular flexibility index (Phi) is 7.72. The molecular formula is C26H36N2O4S. The maximum absolute atomic E-state index is 13.2. The van der Waals surface area contributed by atoms with Crippen molar-refractivity contribution in [2.24, 2.45) is 0 Å². The molecule has 0 unspecified atom stereocenters. The molecule has 33 heavy (non-hydrogen) atoms. The molecule has 0 saturated carbocycles. The lowest BCUT2D eigenvalue weighted by Crippen LogP contribution is -2.52. The average molecular weight is 473 g/mol. The maximum Gasteiger partial charge on any atom is 0.253 e. The van der Waals surface area contributed by atoms with Crippen molar-refractivity contribution in [1.29, 1.82) is 0 Å². The van der Waals surface area contributed by atoms with Crippen LogP contribution in [0.5, 0.6) is 5.75 Å². The molecule has 1 amide bonds. The highest BCUT2D eigenvalue weighted by Gasteiger charge is 2.45. The van der Waals surface area contributed by atoms with E-state index in [-0.39, 0.29) is 29.8 Å². The quantitative estimate of drug-likeness (QED) is 0.528. The van der Waals surface area contributed by atoms with Crippen LogP contribution < -0.4 is 4.74 Å². The summed E-state index contributed by atoms with van der Waals surface area (Å²) in [5.74, 6) is 0.916. The Balaban J connectivity index is 1.43. The van der Waals surface area contributed by atoms with E-state index in [1.807, 2.05) is 55.6 Å². The van der Waals surface area contributed by atoms with Gasteiger partial charge >= 0.3 is 0 Å². The lowest BCUT2D eigenvalue weighted by Gasteiger charge is -2.48. The zero-order chi connectivity index (χ0) is 23.4. The van der Waals surface area contributed by atoms with Gasteiger partial charge in [0.1, 0.15) is 5.75 Å². The van der Waals surface area contributed by atoms with Crippen molar-refractivity contribution in [3.05, 3.63) is 45.9 Å². The summed E-state index contributed by atoms with van der Waals surface area (Å²) in [4.78, 5) is 20.6. The number of nitrogens with zero attached hydrogens (tertiary/aromatic N) is 2. The largest absolute Gasteiger partial charge is 0.491 e. The zero-order valence-corrected chi connectivity index (χ0v) is 21.0. The Morgan fingerprint density at radius 1 is 1.33 bits per heavy atom.